The van der Waals surface area contributed by atoms with Gasteiger partial charge in [-0.05, 0) is 17.7 Å². The molecule has 0 unspecified atom stereocenters. The van der Waals surface area contributed by atoms with E-state index in [0.717, 1.165) is 37.3 Å². The van der Waals surface area contributed by atoms with Crippen molar-refractivity contribution in [2.75, 3.05) is 33.4 Å². The summed E-state index contributed by atoms with van der Waals surface area (Å²) in [5.74, 6) is 2.47. The van der Waals surface area contributed by atoms with Crippen molar-refractivity contribution >= 4 is 0 Å². The quantitative estimate of drug-likeness (QED) is 0.794. The van der Waals surface area contributed by atoms with Gasteiger partial charge >= 0.3 is 0 Å². The first-order valence-corrected chi connectivity index (χ1v) is 6.28. The van der Waals surface area contributed by atoms with E-state index in [1.807, 2.05) is 12.1 Å². The van der Waals surface area contributed by atoms with Gasteiger partial charge in [-0.15, -0.1) is 0 Å². The van der Waals surface area contributed by atoms with Gasteiger partial charge in [0, 0.05) is 31.5 Å². The van der Waals surface area contributed by atoms with Gasteiger partial charge in [-0.2, -0.15) is 0 Å². The highest BCUT2D eigenvalue weighted by Gasteiger charge is 2.36. The molecule has 2 atom stereocenters. The number of hydrogen-bond acceptors (Lipinski definition) is 3. The van der Waals surface area contributed by atoms with Gasteiger partial charge in [0.1, 0.15) is 5.75 Å². The van der Waals surface area contributed by atoms with Crippen LogP contribution in [0.1, 0.15) is 5.56 Å². The molecule has 92 valence electrons. The van der Waals surface area contributed by atoms with Crippen LogP contribution < -0.4 is 4.74 Å². The zero-order chi connectivity index (χ0) is 11.7. The van der Waals surface area contributed by atoms with Crippen LogP contribution in [0.5, 0.6) is 5.75 Å². The Morgan fingerprint density at radius 3 is 2.41 bits per heavy atom. The second-order valence-corrected chi connectivity index (χ2v) is 5.10. The lowest BCUT2D eigenvalue weighted by molar-refractivity contribution is 0.153. The molecule has 0 aromatic heterocycles. The van der Waals surface area contributed by atoms with Crippen molar-refractivity contribution in [1.82, 2.24) is 4.90 Å². The molecule has 3 heteroatoms. The summed E-state index contributed by atoms with van der Waals surface area (Å²) in [5.41, 5.74) is 1.37. The average molecular weight is 233 g/mol. The average Bonchev–Trinajstić information content (AvgIpc) is 2.90. The predicted octanol–water partition coefficient (Wildman–Crippen LogP) is 1.77. The lowest BCUT2D eigenvalue weighted by atomic mass is 10.0. The van der Waals surface area contributed by atoms with Crippen LogP contribution in [0.3, 0.4) is 0 Å². The van der Waals surface area contributed by atoms with E-state index in [2.05, 4.69) is 17.0 Å². The maximum absolute atomic E-state index is 5.50. The zero-order valence-corrected chi connectivity index (χ0v) is 10.3. The molecule has 3 rings (SSSR count). The largest absolute Gasteiger partial charge is 0.497 e. The van der Waals surface area contributed by atoms with E-state index in [0.29, 0.717) is 0 Å². The summed E-state index contributed by atoms with van der Waals surface area (Å²) in [4.78, 5) is 2.54. The molecule has 0 N–H and O–H groups in total. The third-order valence-electron chi connectivity index (χ3n) is 3.88. The van der Waals surface area contributed by atoms with E-state index in [-0.39, 0.29) is 0 Å². The van der Waals surface area contributed by atoms with Crippen LogP contribution in [0.15, 0.2) is 24.3 Å². The molecular weight excluding hydrogens is 214 g/mol. The van der Waals surface area contributed by atoms with Crippen molar-refractivity contribution in [2.24, 2.45) is 11.8 Å². The van der Waals surface area contributed by atoms with Crippen LogP contribution in [0.4, 0.5) is 0 Å². The predicted molar refractivity (Wildman–Crippen MR) is 66.1 cm³/mol. The van der Waals surface area contributed by atoms with Crippen molar-refractivity contribution in [3.63, 3.8) is 0 Å². The summed E-state index contributed by atoms with van der Waals surface area (Å²) >= 11 is 0. The Morgan fingerprint density at radius 1 is 1.18 bits per heavy atom. The molecule has 2 heterocycles. The molecule has 3 nitrogen and oxygen atoms in total. The van der Waals surface area contributed by atoms with Crippen molar-refractivity contribution in [3.8, 4) is 5.75 Å². The fourth-order valence-corrected chi connectivity index (χ4v) is 2.90. The van der Waals surface area contributed by atoms with Crippen LogP contribution in [0.25, 0.3) is 0 Å². The lowest BCUT2D eigenvalue weighted by Gasteiger charge is -2.16. The SMILES string of the molecule is COc1ccc(CN2C[C@@H]3COC[C@H]3C2)cc1. The topological polar surface area (TPSA) is 21.7 Å². The summed E-state index contributed by atoms with van der Waals surface area (Å²) in [6.45, 7) is 5.36. The summed E-state index contributed by atoms with van der Waals surface area (Å²) in [6.07, 6.45) is 0. The lowest BCUT2D eigenvalue weighted by Crippen LogP contribution is -2.22. The van der Waals surface area contributed by atoms with Crippen molar-refractivity contribution in [2.45, 2.75) is 6.54 Å². The Balaban J connectivity index is 1.59. The molecule has 2 aliphatic heterocycles. The smallest absolute Gasteiger partial charge is 0.118 e. The third kappa shape index (κ3) is 2.31. The third-order valence-corrected chi connectivity index (χ3v) is 3.88. The van der Waals surface area contributed by atoms with Gasteiger partial charge < -0.3 is 9.47 Å². The number of benzene rings is 1. The molecule has 0 saturated carbocycles. The Bertz CT molecular complexity index is 364. The summed E-state index contributed by atoms with van der Waals surface area (Å²) < 4.78 is 10.7. The summed E-state index contributed by atoms with van der Waals surface area (Å²) in [5, 5.41) is 0. The first kappa shape index (κ1) is 11.1. The minimum absolute atomic E-state index is 0.772. The Hall–Kier alpha value is -1.06. The number of likely N-dealkylation sites (tertiary alicyclic amines) is 1. The van der Waals surface area contributed by atoms with Crippen LogP contribution >= 0.6 is 0 Å². The van der Waals surface area contributed by atoms with Gasteiger partial charge in [-0.3, -0.25) is 4.90 Å². The molecule has 2 saturated heterocycles. The number of nitrogens with zero attached hydrogens (tertiary/aromatic N) is 1. The molecule has 1 aromatic rings. The molecule has 0 bridgehead atoms. The first-order chi connectivity index (χ1) is 8.35. The fraction of sp³-hybridized carbons (Fsp3) is 0.571. The Kier molecular flexibility index (Phi) is 3.04. The molecule has 1 aromatic carbocycles. The van der Waals surface area contributed by atoms with Crippen LogP contribution in [0, 0.1) is 11.8 Å². The zero-order valence-electron chi connectivity index (χ0n) is 10.3. The second-order valence-electron chi connectivity index (χ2n) is 5.10. The monoisotopic (exact) mass is 233 g/mol. The minimum Gasteiger partial charge on any atom is -0.497 e. The molecule has 2 aliphatic rings. The number of ether oxygens (including phenoxy) is 2. The van der Waals surface area contributed by atoms with Crippen molar-refractivity contribution < 1.29 is 9.47 Å². The molecule has 17 heavy (non-hydrogen) atoms. The van der Waals surface area contributed by atoms with Crippen molar-refractivity contribution in [1.29, 1.82) is 0 Å². The van der Waals surface area contributed by atoms with Gasteiger partial charge in [-0.25, -0.2) is 0 Å². The van der Waals surface area contributed by atoms with E-state index in [9.17, 15) is 0 Å². The van der Waals surface area contributed by atoms with Crippen LogP contribution in [-0.4, -0.2) is 38.3 Å². The maximum Gasteiger partial charge on any atom is 0.118 e. The molecule has 0 aliphatic carbocycles. The summed E-state index contributed by atoms with van der Waals surface area (Å²) in [6, 6.07) is 8.39. The second kappa shape index (κ2) is 4.67. The molecule has 0 spiro atoms. The van der Waals surface area contributed by atoms with Gasteiger partial charge in [0.25, 0.3) is 0 Å². The highest BCUT2D eigenvalue weighted by Crippen LogP contribution is 2.30. The molecule has 2 fully saturated rings. The highest BCUT2D eigenvalue weighted by molar-refractivity contribution is 5.27. The van der Waals surface area contributed by atoms with Gasteiger partial charge in [0.05, 0.1) is 20.3 Å². The van der Waals surface area contributed by atoms with Crippen LogP contribution in [-0.2, 0) is 11.3 Å². The van der Waals surface area contributed by atoms with E-state index >= 15 is 0 Å². The Labute approximate surface area is 102 Å². The van der Waals surface area contributed by atoms with E-state index in [4.69, 9.17) is 9.47 Å². The highest BCUT2D eigenvalue weighted by atomic mass is 16.5. The number of fused-ring (bicyclic) bond motifs is 1. The normalized spacial score (nSPS) is 28.3. The number of methoxy groups -OCH3 is 1. The summed E-state index contributed by atoms with van der Waals surface area (Å²) in [7, 11) is 1.71. The van der Waals surface area contributed by atoms with E-state index in [1.54, 1.807) is 7.11 Å². The van der Waals surface area contributed by atoms with Crippen molar-refractivity contribution in [3.05, 3.63) is 29.8 Å². The number of rotatable bonds is 3. The minimum atomic E-state index is 0.772. The molecule has 0 radical (unpaired) electrons. The Morgan fingerprint density at radius 2 is 1.82 bits per heavy atom. The standard InChI is InChI=1S/C14H19NO2/c1-16-14-4-2-11(3-5-14)6-15-7-12-9-17-10-13(12)8-15/h2-5,12-13H,6-10H2,1H3/t12-,13-/m1/s1. The van der Waals surface area contributed by atoms with Gasteiger partial charge in [0.15, 0.2) is 0 Å². The molecule has 0 amide bonds. The van der Waals surface area contributed by atoms with E-state index in [1.165, 1.54) is 18.7 Å². The van der Waals surface area contributed by atoms with Crippen LogP contribution in [0.2, 0.25) is 0 Å². The number of hydrogen-bond donors (Lipinski definition) is 0. The van der Waals surface area contributed by atoms with Gasteiger partial charge in [0.2, 0.25) is 0 Å². The van der Waals surface area contributed by atoms with E-state index < -0.39 is 0 Å². The fourth-order valence-electron chi connectivity index (χ4n) is 2.90. The maximum atomic E-state index is 5.50. The first-order valence-electron chi connectivity index (χ1n) is 6.28. The van der Waals surface area contributed by atoms with Gasteiger partial charge in [-0.1, -0.05) is 12.1 Å². The molecular formula is C14H19NO2.